The standard InChI is InChI=1S/C11H14N2O3/c1-7(12)11(16)13-9-4-2-3-8(5-9)6-10(14)15/h2-5,7H,6,12H2,1H3,(H,13,16)(H,14,15)/t7-/m1/s1. The van der Waals surface area contributed by atoms with E-state index in [2.05, 4.69) is 5.32 Å². The molecule has 0 aromatic heterocycles. The maximum absolute atomic E-state index is 11.3. The van der Waals surface area contributed by atoms with E-state index in [0.29, 0.717) is 11.3 Å². The molecule has 0 heterocycles. The fraction of sp³-hybridized carbons (Fsp3) is 0.273. The second-order valence-electron chi connectivity index (χ2n) is 3.55. The number of anilines is 1. The van der Waals surface area contributed by atoms with E-state index in [1.54, 1.807) is 31.2 Å². The molecule has 0 radical (unpaired) electrons. The molecule has 1 amide bonds. The Labute approximate surface area is 93.3 Å². The molecule has 5 nitrogen and oxygen atoms in total. The second kappa shape index (κ2) is 5.27. The first-order valence-corrected chi connectivity index (χ1v) is 4.86. The number of hydrogen-bond acceptors (Lipinski definition) is 3. The third kappa shape index (κ3) is 3.70. The number of carbonyl (C=O) groups is 2. The summed E-state index contributed by atoms with van der Waals surface area (Å²) in [6.45, 7) is 1.58. The van der Waals surface area contributed by atoms with E-state index < -0.39 is 12.0 Å². The average molecular weight is 222 g/mol. The van der Waals surface area contributed by atoms with Gasteiger partial charge in [0.1, 0.15) is 0 Å². The van der Waals surface area contributed by atoms with Crippen molar-refractivity contribution < 1.29 is 14.7 Å². The van der Waals surface area contributed by atoms with Crippen LogP contribution in [0.3, 0.4) is 0 Å². The number of carboxylic acid groups (broad SMARTS) is 1. The smallest absolute Gasteiger partial charge is 0.307 e. The van der Waals surface area contributed by atoms with Gasteiger partial charge in [0.15, 0.2) is 0 Å². The van der Waals surface area contributed by atoms with E-state index in [0.717, 1.165) is 0 Å². The van der Waals surface area contributed by atoms with Crippen molar-refractivity contribution in [2.75, 3.05) is 5.32 Å². The third-order valence-electron chi connectivity index (χ3n) is 1.96. The second-order valence-corrected chi connectivity index (χ2v) is 3.55. The Hall–Kier alpha value is -1.88. The summed E-state index contributed by atoms with van der Waals surface area (Å²) in [5.74, 6) is -1.21. The molecule has 0 aliphatic rings. The van der Waals surface area contributed by atoms with Crippen molar-refractivity contribution >= 4 is 17.6 Å². The van der Waals surface area contributed by atoms with Gasteiger partial charge in [0.2, 0.25) is 5.91 Å². The molecule has 1 rings (SSSR count). The lowest BCUT2D eigenvalue weighted by Gasteiger charge is -2.08. The number of benzene rings is 1. The first kappa shape index (κ1) is 12.2. The van der Waals surface area contributed by atoms with Gasteiger partial charge in [-0.15, -0.1) is 0 Å². The molecular formula is C11H14N2O3. The van der Waals surface area contributed by atoms with Crippen LogP contribution in [0.2, 0.25) is 0 Å². The molecule has 0 bridgehead atoms. The van der Waals surface area contributed by atoms with Gasteiger partial charge in [0, 0.05) is 5.69 Å². The summed E-state index contributed by atoms with van der Waals surface area (Å²) in [6, 6.07) is 6.09. The molecule has 16 heavy (non-hydrogen) atoms. The lowest BCUT2D eigenvalue weighted by molar-refractivity contribution is -0.136. The molecule has 0 spiro atoms. The van der Waals surface area contributed by atoms with E-state index in [9.17, 15) is 9.59 Å². The Morgan fingerprint density at radius 1 is 1.50 bits per heavy atom. The number of aliphatic carboxylic acids is 1. The first-order valence-electron chi connectivity index (χ1n) is 4.86. The summed E-state index contributed by atoms with van der Waals surface area (Å²) >= 11 is 0. The van der Waals surface area contributed by atoms with Crippen LogP contribution in [0, 0.1) is 0 Å². The predicted octanol–water partition coefficient (Wildman–Crippen LogP) is 0.599. The van der Waals surface area contributed by atoms with E-state index in [-0.39, 0.29) is 12.3 Å². The number of hydrogen-bond donors (Lipinski definition) is 3. The topological polar surface area (TPSA) is 92.4 Å². The van der Waals surface area contributed by atoms with Gasteiger partial charge in [-0.25, -0.2) is 0 Å². The molecular weight excluding hydrogens is 208 g/mol. The van der Waals surface area contributed by atoms with Gasteiger partial charge < -0.3 is 16.2 Å². The number of nitrogens with one attached hydrogen (secondary N) is 1. The predicted molar refractivity (Wildman–Crippen MR) is 60.1 cm³/mol. The Morgan fingerprint density at radius 2 is 2.19 bits per heavy atom. The van der Waals surface area contributed by atoms with Crippen LogP contribution in [0.15, 0.2) is 24.3 Å². The van der Waals surface area contributed by atoms with Gasteiger partial charge in [0.25, 0.3) is 0 Å². The molecule has 0 aliphatic heterocycles. The highest BCUT2D eigenvalue weighted by Crippen LogP contribution is 2.11. The quantitative estimate of drug-likeness (QED) is 0.695. The van der Waals surface area contributed by atoms with E-state index >= 15 is 0 Å². The van der Waals surface area contributed by atoms with Gasteiger partial charge in [-0.3, -0.25) is 9.59 Å². The van der Waals surface area contributed by atoms with Crippen molar-refractivity contribution in [3.8, 4) is 0 Å². The molecule has 0 unspecified atom stereocenters. The lowest BCUT2D eigenvalue weighted by atomic mass is 10.1. The zero-order valence-electron chi connectivity index (χ0n) is 8.93. The monoisotopic (exact) mass is 222 g/mol. The molecule has 1 aromatic rings. The molecule has 0 saturated carbocycles. The summed E-state index contributed by atoms with van der Waals surface area (Å²) in [5, 5.41) is 11.2. The van der Waals surface area contributed by atoms with Crippen LogP contribution >= 0.6 is 0 Å². The van der Waals surface area contributed by atoms with Crippen molar-refractivity contribution in [3.63, 3.8) is 0 Å². The minimum atomic E-state index is -0.907. The highest BCUT2D eigenvalue weighted by Gasteiger charge is 2.08. The van der Waals surface area contributed by atoms with Crippen LogP contribution in [0.5, 0.6) is 0 Å². The Balaban J connectivity index is 2.74. The van der Waals surface area contributed by atoms with Crippen molar-refractivity contribution in [2.24, 2.45) is 5.73 Å². The van der Waals surface area contributed by atoms with Crippen LogP contribution in [0.25, 0.3) is 0 Å². The maximum Gasteiger partial charge on any atom is 0.307 e. The normalized spacial score (nSPS) is 11.9. The van der Waals surface area contributed by atoms with Crippen LogP contribution in [-0.2, 0) is 16.0 Å². The van der Waals surface area contributed by atoms with Crippen molar-refractivity contribution in [3.05, 3.63) is 29.8 Å². The molecule has 86 valence electrons. The summed E-state index contributed by atoms with van der Waals surface area (Å²) in [4.78, 5) is 21.8. The Bertz CT molecular complexity index is 402. The van der Waals surface area contributed by atoms with Gasteiger partial charge in [-0.1, -0.05) is 12.1 Å². The average Bonchev–Trinajstić information content (AvgIpc) is 2.16. The fourth-order valence-electron chi connectivity index (χ4n) is 1.19. The largest absolute Gasteiger partial charge is 0.481 e. The van der Waals surface area contributed by atoms with Crippen molar-refractivity contribution in [2.45, 2.75) is 19.4 Å². The minimum Gasteiger partial charge on any atom is -0.481 e. The first-order chi connectivity index (χ1) is 7.49. The summed E-state index contributed by atoms with van der Waals surface area (Å²) in [7, 11) is 0. The zero-order chi connectivity index (χ0) is 12.1. The van der Waals surface area contributed by atoms with Gasteiger partial charge >= 0.3 is 5.97 Å². The molecule has 5 heteroatoms. The van der Waals surface area contributed by atoms with Crippen LogP contribution in [0.1, 0.15) is 12.5 Å². The molecule has 0 saturated heterocycles. The number of carbonyl (C=O) groups excluding carboxylic acids is 1. The van der Waals surface area contributed by atoms with Crippen molar-refractivity contribution in [1.82, 2.24) is 0 Å². The van der Waals surface area contributed by atoms with Crippen LogP contribution < -0.4 is 11.1 Å². The Morgan fingerprint density at radius 3 is 2.75 bits per heavy atom. The molecule has 0 fully saturated rings. The van der Waals surface area contributed by atoms with Crippen LogP contribution in [-0.4, -0.2) is 23.0 Å². The molecule has 4 N–H and O–H groups in total. The minimum absolute atomic E-state index is 0.0676. The third-order valence-corrected chi connectivity index (χ3v) is 1.96. The van der Waals surface area contributed by atoms with E-state index in [4.69, 9.17) is 10.8 Å². The Kier molecular flexibility index (Phi) is 4.02. The van der Waals surface area contributed by atoms with Gasteiger partial charge in [-0.05, 0) is 24.6 Å². The SMILES string of the molecule is C[C@@H](N)C(=O)Nc1cccc(CC(=O)O)c1. The fourth-order valence-corrected chi connectivity index (χ4v) is 1.19. The summed E-state index contributed by atoms with van der Waals surface area (Å²) in [6.07, 6.45) is -0.0676. The molecule has 1 aromatic carbocycles. The zero-order valence-corrected chi connectivity index (χ0v) is 8.93. The van der Waals surface area contributed by atoms with E-state index in [1.165, 1.54) is 0 Å². The highest BCUT2D eigenvalue weighted by molar-refractivity contribution is 5.94. The summed E-state index contributed by atoms with van der Waals surface area (Å²) in [5.41, 5.74) is 6.59. The number of carboxylic acids is 1. The molecule has 0 aliphatic carbocycles. The summed E-state index contributed by atoms with van der Waals surface area (Å²) < 4.78 is 0. The number of rotatable bonds is 4. The van der Waals surface area contributed by atoms with Crippen molar-refractivity contribution in [1.29, 1.82) is 0 Å². The van der Waals surface area contributed by atoms with E-state index in [1.807, 2.05) is 0 Å². The number of amides is 1. The molecule has 1 atom stereocenters. The maximum atomic E-state index is 11.3. The number of nitrogens with two attached hydrogens (primary N) is 1. The van der Waals surface area contributed by atoms with Crippen LogP contribution in [0.4, 0.5) is 5.69 Å². The van der Waals surface area contributed by atoms with Gasteiger partial charge in [-0.2, -0.15) is 0 Å². The lowest BCUT2D eigenvalue weighted by Crippen LogP contribution is -2.32. The van der Waals surface area contributed by atoms with Gasteiger partial charge in [0.05, 0.1) is 12.5 Å². The highest BCUT2D eigenvalue weighted by atomic mass is 16.4.